The fraction of sp³-hybridized carbons (Fsp3) is 0.190. The van der Waals surface area contributed by atoms with Crippen LogP contribution in [0.2, 0.25) is 0 Å². The molecule has 0 bridgehead atoms. The molecule has 26 heavy (non-hydrogen) atoms. The number of carboxylic acid groups (broad SMARTS) is 1. The fourth-order valence-corrected chi connectivity index (χ4v) is 3.12. The van der Waals surface area contributed by atoms with Crippen LogP contribution < -0.4 is 0 Å². The van der Waals surface area contributed by atoms with E-state index in [1.807, 2.05) is 54.6 Å². The summed E-state index contributed by atoms with van der Waals surface area (Å²) in [6.07, 6.45) is 3.03. The van der Waals surface area contributed by atoms with Gasteiger partial charge in [-0.25, -0.2) is 0 Å². The Morgan fingerprint density at radius 3 is 2.04 bits per heavy atom. The number of rotatable bonds is 7. The van der Waals surface area contributed by atoms with Gasteiger partial charge in [0, 0.05) is 24.6 Å². The largest absolute Gasteiger partial charge is 0.481 e. The molecule has 3 rings (SSSR count). The van der Waals surface area contributed by atoms with Gasteiger partial charge in [0.25, 0.3) is 11.8 Å². The average Bonchev–Trinajstić information content (AvgIpc) is 2.98. The maximum absolute atomic E-state index is 12.0. The van der Waals surface area contributed by atoms with Crippen molar-refractivity contribution in [2.24, 2.45) is 0 Å². The Balaban J connectivity index is 1.77. The monoisotopic (exact) mass is 349 g/mol. The molecule has 132 valence electrons. The van der Waals surface area contributed by atoms with E-state index in [9.17, 15) is 14.4 Å². The third-order valence-corrected chi connectivity index (χ3v) is 4.43. The first kappa shape index (κ1) is 17.6. The van der Waals surface area contributed by atoms with Crippen LogP contribution in [0.3, 0.4) is 0 Å². The Labute approximate surface area is 151 Å². The topological polar surface area (TPSA) is 74.7 Å². The molecule has 2 aromatic carbocycles. The lowest BCUT2D eigenvalue weighted by Gasteiger charge is -2.26. The number of hydrogen-bond acceptors (Lipinski definition) is 3. The van der Waals surface area contributed by atoms with Crippen LogP contribution in [-0.4, -0.2) is 33.8 Å². The molecule has 5 heteroatoms. The van der Waals surface area contributed by atoms with Crippen molar-refractivity contribution < 1.29 is 19.5 Å². The standard InChI is InChI=1S/C21H19NO4/c23-19-11-12-20(24)22(19)18(10-13-21(25)26)14-15-6-8-17(9-7-15)16-4-2-1-3-5-16/h1-9,11-12,18H,10,13-14H2,(H,25,26)/t18-/m0/s1. The van der Waals surface area contributed by atoms with Crippen molar-refractivity contribution in [2.45, 2.75) is 25.3 Å². The summed E-state index contributed by atoms with van der Waals surface area (Å²) in [5.41, 5.74) is 3.13. The second-order valence-electron chi connectivity index (χ2n) is 6.23. The molecule has 0 saturated carbocycles. The maximum Gasteiger partial charge on any atom is 0.303 e. The van der Waals surface area contributed by atoms with E-state index in [4.69, 9.17) is 5.11 Å². The summed E-state index contributed by atoms with van der Waals surface area (Å²) in [5.74, 6) is -1.71. The van der Waals surface area contributed by atoms with Crippen LogP contribution >= 0.6 is 0 Å². The summed E-state index contributed by atoms with van der Waals surface area (Å²) in [6.45, 7) is 0. The summed E-state index contributed by atoms with van der Waals surface area (Å²) < 4.78 is 0. The molecule has 1 aliphatic rings. The van der Waals surface area contributed by atoms with Gasteiger partial charge in [-0.15, -0.1) is 0 Å². The van der Waals surface area contributed by atoms with E-state index < -0.39 is 12.0 Å². The molecule has 1 aliphatic heterocycles. The third-order valence-electron chi connectivity index (χ3n) is 4.43. The van der Waals surface area contributed by atoms with Gasteiger partial charge in [0.05, 0.1) is 0 Å². The van der Waals surface area contributed by atoms with Crippen molar-refractivity contribution >= 4 is 17.8 Å². The lowest BCUT2D eigenvalue weighted by molar-refractivity contribution is -0.142. The third kappa shape index (κ3) is 4.06. The molecule has 0 radical (unpaired) electrons. The van der Waals surface area contributed by atoms with E-state index in [1.165, 1.54) is 12.2 Å². The number of carbonyl (C=O) groups is 3. The van der Waals surface area contributed by atoms with Crippen molar-refractivity contribution in [3.8, 4) is 11.1 Å². The number of nitrogens with zero attached hydrogens (tertiary/aromatic N) is 1. The van der Waals surface area contributed by atoms with Gasteiger partial charge in [-0.3, -0.25) is 19.3 Å². The highest BCUT2D eigenvalue weighted by Gasteiger charge is 2.31. The van der Waals surface area contributed by atoms with E-state index >= 15 is 0 Å². The average molecular weight is 349 g/mol. The number of aliphatic carboxylic acids is 1. The smallest absolute Gasteiger partial charge is 0.303 e. The lowest BCUT2D eigenvalue weighted by Crippen LogP contribution is -2.41. The summed E-state index contributed by atoms with van der Waals surface area (Å²) in [7, 11) is 0. The first-order chi connectivity index (χ1) is 12.5. The normalized spacial score (nSPS) is 14.7. The molecule has 2 aromatic rings. The molecule has 1 heterocycles. The molecule has 0 fully saturated rings. The van der Waals surface area contributed by atoms with E-state index in [0.717, 1.165) is 21.6 Å². The van der Waals surface area contributed by atoms with Crippen molar-refractivity contribution in [2.75, 3.05) is 0 Å². The Morgan fingerprint density at radius 2 is 1.46 bits per heavy atom. The van der Waals surface area contributed by atoms with Crippen LogP contribution in [0.25, 0.3) is 11.1 Å². The zero-order valence-corrected chi connectivity index (χ0v) is 14.2. The Hall–Kier alpha value is -3.21. The number of benzene rings is 2. The van der Waals surface area contributed by atoms with E-state index in [1.54, 1.807) is 0 Å². The van der Waals surface area contributed by atoms with Gasteiger partial charge in [0.15, 0.2) is 0 Å². The predicted molar refractivity (Wildman–Crippen MR) is 97.2 cm³/mol. The van der Waals surface area contributed by atoms with Crippen molar-refractivity contribution in [3.05, 3.63) is 72.3 Å². The second kappa shape index (κ2) is 7.78. The van der Waals surface area contributed by atoms with Gasteiger partial charge in [0.2, 0.25) is 0 Å². The zero-order chi connectivity index (χ0) is 18.5. The lowest BCUT2D eigenvalue weighted by atomic mass is 9.97. The van der Waals surface area contributed by atoms with Crippen LogP contribution in [0, 0.1) is 0 Å². The highest BCUT2D eigenvalue weighted by atomic mass is 16.4. The quantitative estimate of drug-likeness (QED) is 0.780. The highest BCUT2D eigenvalue weighted by Crippen LogP contribution is 2.22. The molecular formula is C21H19NO4. The van der Waals surface area contributed by atoms with Gasteiger partial charge in [-0.1, -0.05) is 54.6 Å². The summed E-state index contributed by atoms with van der Waals surface area (Å²) >= 11 is 0. The minimum atomic E-state index is -0.943. The molecule has 1 atom stereocenters. The minimum Gasteiger partial charge on any atom is -0.481 e. The molecule has 0 saturated heterocycles. The first-order valence-corrected chi connectivity index (χ1v) is 8.46. The van der Waals surface area contributed by atoms with Gasteiger partial charge in [0.1, 0.15) is 0 Å². The molecule has 0 aromatic heterocycles. The van der Waals surface area contributed by atoms with Crippen LogP contribution in [0.15, 0.2) is 66.7 Å². The van der Waals surface area contributed by atoms with Crippen LogP contribution in [0.1, 0.15) is 18.4 Å². The van der Waals surface area contributed by atoms with Gasteiger partial charge >= 0.3 is 5.97 Å². The van der Waals surface area contributed by atoms with Crippen molar-refractivity contribution in [1.29, 1.82) is 0 Å². The molecule has 0 aliphatic carbocycles. The predicted octanol–water partition coefficient (Wildman–Crippen LogP) is 3.05. The van der Waals surface area contributed by atoms with E-state index in [2.05, 4.69) is 0 Å². The van der Waals surface area contributed by atoms with Gasteiger partial charge in [-0.05, 0) is 29.5 Å². The van der Waals surface area contributed by atoms with Gasteiger partial charge < -0.3 is 5.11 Å². The number of imide groups is 1. The van der Waals surface area contributed by atoms with Gasteiger partial charge in [-0.2, -0.15) is 0 Å². The van der Waals surface area contributed by atoms with Crippen LogP contribution in [0.5, 0.6) is 0 Å². The van der Waals surface area contributed by atoms with E-state index in [0.29, 0.717) is 6.42 Å². The summed E-state index contributed by atoms with van der Waals surface area (Å²) in [4.78, 5) is 36.0. The summed E-state index contributed by atoms with van der Waals surface area (Å²) in [6, 6.07) is 17.4. The summed E-state index contributed by atoms with van der Waals surface area (Å²) in [5, 5.41) is 8.96. The molecule has 1 N–H and O–H groups in total. The first-order valence-electron chi connectivity index (χ1n) is 8.46. The second-order valence-corrected chi connectivity index (χ2v) is 6.23. The molecule has 0 unspecified atom stereocenters. The minimum absolute atomic E-state index is 0.0934. The van der Waals surface area contributed by atoms with Crippen molar-refractivity contribution in [3.63, 3.8) is 0 Å². The molecule has 2 amide bonds. The fourth-order valence-electron chi connectivity index (χ4n) is 3.12. The molecular weight excluding hydrogens is 330 g/mol. The number of hydrogen-bond donors (Lipinski definition) is 1. The van der Waals surface area contributed by atoms with Crippen LogP contribution in [-0.2, 0) is 20.8 Å². The molecule has 5 nitrogen and oxygen atoms in total. The van der Waals surface area contributed by atoms with Crippen LogP contribution in [0.4, 0.5) is 0 Å². The number of carboxylic acids is 1. The Bertz CT molecular complexity index is 822. The SMILES string of the molecule is O=C(O)CC[C@@H](Cc1ccc(-c2ccccc2)cc1)N1C(=O)C=CC1=O. The van der Waals surface area contributed by atoms with E-state index in [-0.39, 0.29) is 24.7 Å². The molecule has 0 spiro atoms. The highest BCUT2D eigenvalue weighted by molar-refractivity contribution is 6.13. The van der Waals surface area contributed by atoms with Crippen molar-refractivity contribution in [1.82, 2.24) is 4.90 Å². The Morgan fingerprint density at radius 1 is 0.885 bits per heavy atom. The Kier molecular flexibility index (Phi) is 5.27. The maximum atomic E-state index is 12.0. The zero-order valence-electron chi connectivity index (χ0n) is 14.2. The number of amides is 2. The number of carbonyl (C=O) groups excluding carboxylic acids is 2.